The molecule has 0 bridgehead atoms. The Balaban J connectivity index is 0.00000180. The molecular formula is C15H23ClN2O. The molecule has 2 rings (SSSR count). The number of carbonyl (C=O) groups excluding carboxylic acids is 1. The molecule has 0 aliphatic carbocycles. The zero-order valence-electron chi connectivity index (χ0n) is 11.8. The van der Waals surface area contributed by atoms with Gasteiger partial charge in [-0.25, -0.2) is 0 Å². The molecule has 0 aromatic heterocycles. The molecule has 19 heavy (non-hydrogen) atoms. The maximum Gasteiger partial charge on any atom is 0.227 e. The third-order valence-electron chi connectivity index (χ3n) is 3.77. The Morgan fingerprint density at radius 3 is 2.68 bits per heavy atom. The summed E-state index contributed by atoms with van der Waals surface area (Å²) in [5.74, 6) is 0.300. The van der Waals surface area contributed by atoms with Crippen molar-refractivity contribution >= 4 is 24.0 Å². The minimum atomic E-state index is 0. The summed E-state index contributed by atoms with van der Waals surface area (Å²) in [7, 11) is 0. The maximum atomic E-state index is 12.2. The van der Waals surface area contributed by atoms with E-state index in [4.69, 9.17) is 0 Å². The van der Waals surface area contributed by atoms with Gasteiger partial charge in [-0.15, -0.1) is 12.4 Å². The summed E-state index contributed by atoms with van der Waals surface area (Å²) in [5.41, 5.74) is 3.38. The van der Waals surface area contributed by atoms with Crippen molar-refractivity contribution < 1.29 is 4.79 Å². The van der Waals surface area contributed by atoms with E-state index in [1.807, 2.05) is 12.1 Å². The third-order valence-corrected chi connectivity index (χ3v) is 3.77. The normalized spacial score (nSPS) is 22.5. The number of nitrogens with one attached hydrogen (secondary N) is 2. The van der Waals surface area contributed by atoms with Crippen LogP contribution in [0.2, 0.25) is 0 Å². The lowest BCUT2D eigenvalue weighted by atomic mass is 9.92. The topological polar surface area (TPSA) is 41.1 Å². The second-order valence-electron chi connectivity index (χ2n) is 5.36. The Labute approximate surface area is 121 Å². The largest absolute Gasteiger partial charge is 0.326 e. The molecule has 0 radical (unpaired) electrons. The molecule has 106 valence electrons. The van der Waals surface area contributed by atoms with E-state index in [9.17, 15) is 4.79 Å². The Kier molecular flexibility index (Phi) is 5.83. The van der Waals surface area contributed by atoms with Gasteiger partial charge < -0.3 is 10.6 Å². The lowest BCUT2D eigenvalue weighted by molar-refractivity contribution is -0.120. The quantitative estimate of drug-likeness (QED) is 0.875. The smallest absolute Gasteiger partial charge is 0.227 e. The van der Waals surface area contributed by atoms with Crippen LogP contribution < -0.4 is 10.6 Å². The molecule has 2 atom stereocenters. The highest BCUT2D eigenvalue weighted by Crippen LogP contribution is 2.20. The summed E-state index contributed by atoms with van der Waals surface area (Å²) < 4.78 is 0. The van der Waals surface area contributed by atoms with Gasteiger partial charge in [0.2, 0.25) is 5.91 Å². The van der Waals surface area contributed by atoms with Gasteiger partial charge in [-0.05, 0) is 63.4 Å². The first-order valence-electron chi connectivity index (χ1n) is 6.68. The van der Waals surface area contributed by atoms with Crippen LogP contribution in [0.4, 0.5) is 5.69 Å². The second-order valence-corrected chi connectivity index (χ2v) is 5.36. The SMILES string of the molecule is Cc1ccc(NC(=O)[C@H]2CCN[C@@H](C)C2)cc1C.Cl. The zero-order valence-corrected chi connectivity index (χ0v) is 12.6. The molecule has 1 fully saturated rings. The first kappa shape index (κ1) is 16.0. The molecule has 1 saturated heterocycles. The van der Waals surface area contributed by atoms with E-state index in [1.54, 1.807) is 0 Å². The first-order chi connectivity index (χ1) is 8.56. The van der Waals surface area contributed by atoms with Gasteiger partial charge in [-0.1, -0.05) is 6.07 Å². The molecule has 0 spiro atoms. The van der Waals surface area contributed by atoms with Gasteiger partial charge in [-0.2, -0.15) is 0 Å². The number of rotatable bonds is 2. The van der Waals surface area contributed by atoms with Gasteiger partial charge in [0.1, 0.15) is 0 Å². The van der Waals surface area contributed by atoms with Crippen LogP contribution in [0.15, 0.2) is 18.2 Å². The second kappa shape index (κ2) is 6.92. The van der Waals surface area contributed by atoms with Gasteiger partial charge in [0, 0.05) is 17.6 Å². The van der Waals surface area contributed by atoms with E-state index >= 15 is 0 Å². The highest BCUT2D eigenvalue weighted by Gasteiger charge is 2.24. The highest BCUT2D eigenvalue weighted by molar-refractivity contribution is 5.92. The van der Waals surface area contributed by atoms with E-state index in [0.29, 0.717) is 6.04 Å². The highest BCUT2D eigenvalue weighted by atomic mass is 35.5. The van der Waals surface area contributed by atoms with Gasteiger partial charge in [0.05, 0.1) is 0 Å². The number of carbonyl (C=O) groups is 1. The van der Waals surface area contributed by atoms with E-state index in [0.717, 1.165) is 25.1 Å². The van der Waals surface area contributed by atoms with Crippen LogP contribution in [0, 0.1) is 19.8 Å². The fourth-order valence-corrected chi connectivity index (χ4v) is 2.43. The molecule has 4 heteroatoms. The number of piperidine rings is 1. The van der Waals surface area contributed by atoms with Gasteiger partial charge in [0.25, 0.3) is 0 Å². The fraction of sp³-hybridized carbons (Fsp3) is 0.533. The number of halogens is 1. The number of aryl methyl sites for hydroxylation is 2. The predicted molar refractivity (Wildman–Crippen MR) is 82.0 cm³/mol. The molecule has 0 saturated carbocycles. The number of hydrogen-bond donors (Lipinski definition) is 2. The van der Waals surface area contributed by atoms with Crippen molar-refractivity contribution in [2.75, 3.05) is 11.9 Å². The standard InChI is InChI=1S/C15H22N2O.ClH/c1-10-4-5-14(8-11(10)2)17-15(18)13-6-7-16-12(3)9-13;/h4-5,8,12-13,16H,6-7,9H2,1-3H3,(H,17,18);1H/t12-,13-;/m0./s1. The van der Waals surface area contributed by atoms with Crippen LogP contribution in [0.3, 0.4) is 0 Å². The van der Waals surface area contributed by atoms with E-state index in [-0.39, 0.29) is 24.2 Å². The summed E-state index contributed by atoms with van der Waals surface area (Å²) >= 11 is 0. The number of anilines is 1. The Morgan fingerprint density at radius 2 is 2.05 bits per heavy atom. The third kappa shape index (κ3) is 4.22. The van der Waals surface area contributed by atoms with Crippen molar-refractivity contribution in [2.45, 2.75) is 39.7 Å². The van der Waals surface area contributed by atoms with Gasteiger partial charge in [-0.3, -0.25) is 4.79 Å². The van der Waals surface area contributed by atoms with Crippen molar-refractivity contribution in [3.05, 3.63) is 29.3 Å². The van der Waals surface area contributed by atoms with Crippen LogP contribution in [0.1, 0.15) is 30.9 Å². The van der Waals surface area contributed by atoms with Crippen molar-refractivity contribution in [1.29, 1.82) is 0 Å². The fourth-order valence-electron chi connectivity index (χ4n) is 2.43. The molecule has 3 nitrogen and oxygen atoms in total. The Morgan fingerprint density at radius 1 is 1.32 bits per heavy atom. The van der Waals surface area contributed by atoms with Crippen LogP contribution in [-0.4, -0.2) is 18.5 Å². The molecule has 0 unspecified atom stereocenters. The van der Waals surface area contributed by atoms with E-state index in [2.05, 4.69) is 37.5 Å². The molecule has 1 aliphatic heterocycles. The Bertz CT molecular complexity index is 448. The summed E-state index contributed by atoms with van der Waals surface area (Å²) in [4.78, 5) is 12.2. The zero-order chi connectivity index (χ0) is 13.1. The van der Waals surface area contributed by atoms with Crippen LogP contribution in [0.5, 0.6) is 0 Å². The van der Waals surface area contributed by atoms with Gasteiger partial charge in [0.15, 0.2) is 0 Å². The first-order valence-corrected chi connectivity index (χ1v) is 6.68. The summed E-state index contributed by atoms with van der Waals surface area (Å²) in [5, 5.41) is 6.40. The molecule has 1 aromatic rings. The number of benzene rings is 1. The molecule has 1 heterocycles. The van der Waals surface area contributed by atoms with Crippen molar-refractivity contribution in [3.8, 4) is 0 Å². The predicted octanol–water partition coefficient (Wildman–Crippen LogP) is 3.05. The van der Waals surface area contributed by atoms with Gasteiger partial charge >= 0.3 is 0 Å². The summed E-state index contributed by atoms with van der Waals surface area (Å²) in [6.45, 7) is 7.22. The van der Waals surface area contributed by atoms with Crippen molar-refractivity contribution in [3.63, 3.8) is 0 Å². The molecule has 1 aliphatic rings. The van der Waals surface area contributed by atoms with Crippen molar-refractivity contribution in [1.82, 2.24) is 5.32 Å². The average molecular weight is 283 g/mol. The summed E-state index contributed by atoms with van der Waals surface area (Å²) in [6, 6.07) is 6.51. The van der Waals surface area contributed by atoms with E-state index in [1.165, 1.54) is 11.1 Å². The minimum Gasteiger partial charge on any atom is -0.326 e. The molecule has 1 aromatic carbocycles. The molecular weight excluding hydrogens is 260 g/mol. The lowest BCUT2D eigenvalue weighted by Crippen LogP contribution is -2.40. The monoisotopic (exact) mass is 282 g/mol. The minimum absolute atomic E-state index is 0. The van der Waals surface area contributed by atoms with Crippen LogP contribution in [-0.2, 0) is 4.79 Å². The Hall–Kier alpha value is -1.06. The van der Waals surface area contributed by atoms with Crippen LogP contribution in [0.25, 0.3) is 0 Å². The number of amides is 1. The van der Waals surface area contributed by atoms with Crippen LogP contribution >= 0.6 is 12.4 Å². The van der Waals surface area contributed by atoms with Crippen molar-refractivity contribution in [2.24, 2.45) is 5.92 Å². The maximum absolute atomic E-state index is 12.2. The average Bonchev–Trinajstić information content (AvgIpc) is 2.34. The lowest BCUT2D eigenvalue weighted by Gasteiger charge is -2.27. The number of hydrogen-bond acceptors (Lipinski definition) is 2. The molecule has 1 amide bonds. The summed E-state index contributed by atoms with van der Waals surface area (Å²) in [6.07, 6.45) is 1.86. The molecule has 2 N–H and O–H groups in total. The van der Waals surface area contributed by atoms with E-state index < -0.39 is 0 Å².